The lowest BCUT2D eigenvalue weighted by molar-refractivity contribution is 0.502. The van der Waals surface area contributed by atoms with Gasteiger partial charge in [-0.05, 0) is 20.3 Å². The molecule has 0 saturated heterocycles. The minimum Gasteiger partial charge on any atom is -0.367 e. The van der Waals surface area contributed by atoms with Crippen molar-refractivity contribution in [3.05, 3.63) is 0 Å². The van der Waals surface area contributed by atoms with E-state index in [-0.39, 0.29) is 5.54 Å². The van der Waals surface area contributed by atoms with Gasteiger partial charge in [-0.3, -0.25) is 4.99 Å². The average molecular weight is 224 g/mol. The molecule has 0 bridgehead atoms. The number of unbranched alkanes of at least 4 members (excludes halogenated alkanes) is 6. The Morgan fingerprint density at radius 1 is 1.06 bits per heavy atom. The molecular formula is C14H28N2. The van der Waals surface area contributed by atoms with Crippen molar-refractivity contribution in [3.63, 3.8) is 0 Å². The van der Waals surface area contributed by atoms with Crippen LogP contribution in [-0.2, 0) is 0 Å². The highest BCUT2D eigenvalue weighted by atomic mass is 15.1. The molecule has 0 amide bonds. The molecule has 94 valence electrons. The van der Waals surface area contributed by atoms with Gasteiger partial charge >= 0.3 is 0 Å². The molecule has 0 aromatic rings. The van der Waals surface area contributed by atoms with Gasteiger partial charge in [0, 0.05) is 6.42 Å². The maximum Gasteiger partial charge on any atom is 0.0968 e. The van der Waals surface area contributed by atoms with Gasteiger partial charge < -0.3 is 5.32 Å². The molecule has 0 spiro atoms. The SMILES string of the molecule is CCCCCCCCCC1=NCC(C)(C)N1. The van der Waals surface area contributed by atoms with E-state index in [9.17, 15) is 0 Å². The number of hydrogen-bond donors (Lipinski definition) is 1. The molecule has 0 unspecified atom stereocenters. The molecular weight excluding hydrogens is 196 g/mol. The Kier molecular flexibility index (Phi) is 5.86. The van der Waals surface area contributed by atoms with Gasteiger partial charge in [-0.25, -0.2) is 0 Å². The summed E-state index contributed by atoms with van der Waals surface area (Å²) in [5, 5.41) is 3.49. The molecule has 1 aliphatic heterocycles. The van der Waals surface area contributed by atoms with Crippen molar-refractivity contribution >= 4 is 5.84 Å². The molecule has 0 saturated carbocycles. The zero-order valence-electron chi connectivity index (χ0n) is 11.3. The molecule has 1 heterocycles. The third-order valence-corrected chi connectivity index (χ3v) is 3.17. The monoisotopic (exact) mass is 224 g/mol. The predicted molar refractivity (Wildman–Crippen MR) is 72.1 cm³/mol. The third kappa shape index (κ3) is 5.53. The third-order valence-electron chi connectivity index (χ3n) is 3.17. The second kappa shape index (κ2) is 6.93. The number of amidine groups is 1. The van der Waals surface area contributed by atoms with E-state index < -0.39 is 0 Å². The van der Waals surface area contributed by atoms with E-state index in [0.29, 0.717) is 0 Å². The minimum atomic E-state index is 0.205. The van der Waals surface area contributed by atoms with E-state index in [2.05, 4.69) is 31.1 Å². The lowest BCUT2D eigenvalue weighted by Gasteiger charge is -2.18. The number of nitrogens with zero attached hydrogens (tertiary/aromatic N) is 1. The average Bonchev–Trinajstić information content (AvgIpc) is 2.57. The van der Waals surface area contributed by atoms with E-state index >= 15 is 0 Å². The van der Waals surface area contributed by atoms with Crippen LogP contribution in [0.1, 0.15) is 72.1 Å². The van der Waals surface area contributed by atoms with E-state index in [1.807, 2.05) is 0 Å². The molecule has 1 aliphatic rings. The van der Waals surface area contributed by atoms with Crippen LogP contribution in [0.4, 0.5) is 0 Å². The summed E-state index contributed by atoms with van der Waals surface area (Å²) in [6, 6.07) is 0. The van der Waals surface area contributed by atoms with Crippen LogP contribution in [0.25, 0.3) is 0 Å². The molecule has 0 atom stereocenters. The van der Waals surface area contributed by atoms with Crippen molar-refractivity contribution in [2.24, 2.45) is 4.99 Å². The van der Waals surface area contributed by atoms with Crippen molar-refractivity contribution < 1.29 is 0 Å². The van der Waals surface area contributed by atoms with Gasteiger partial charge in [0.2, 0.25) is 0 Å². The van der Waals surface area contributed by atoms with E-state index in [0.717, 1.165) is 13.0 Å². The van der Waals surface area contributed by atoms with E-state index in [1.165, 1.54) is 50.8 Å². The highest BCUT2D eigenvalue weighted by molar-refractivity contribution is 5.84. The zero-order chi connectivity index (χ0) is 11.9. The Bertz CT molecular complexity index is 219. The minimum absolute atomic E-state index is 0.205. The quantitative estimate of drug-likeness (QED) is 0.621. The first-order valence-electron chi connectivity index (χ1n) is 6.95. The maximum atomic E-state index is 4.54. The van der Waals surface area contributed by atoms with E-state index in [1.54, 1.807) is 0 Å². The standard InChI is InChI=1S/C14H28N2/c1-4-5-6-7-8-9-10-11-13-15-12-14(2,3)16-13/h4-12H2,1-3H3,(H,15,16). The molecule has 0 fully saturated rings. The topological polar surface area (TPSA) is 24.4 Å². The molecule has 0 radical (unpaired) electrons. The fourth-order valence-electron chi connectivity index (χ4n) is 2.15. The Morgan fingerprint density at radius 3 is 2.25 bits per heavy atom. The summed E-state index contributed by atoms with van der Waals surface area (Å²) in [7, 11) is 0. The molecule has 1 N–H and O–H groups in total. The van der Waals surface area contributed by atoms with Crippen LogP contribution in [0, 0.1) is 0 Å². The highest BCUT2D eigenvalue weighted by Gasteiger charge is 2.23. The Hall–Kier alpha value is -0.530. The van der Waals surface area contributed by atoms with Crippen LogP contribution in [0.2, 0.25) is 0 Å². The second-order valence-corrected chi connectivity index (χ2v) is 5.64. The first kappa shape index (κ1) is 13.5. The zero-order valence-corrected chi connectivity index (χ0v) is 11.3. The van der Waals surface area contributed by atoms with Crippen LogP contribution in [0.5, 0.6) is 0 Å². The van der Waals surface area contributed by atoms with E-state index in [4.69, 9.17) is 0 Å². The maximum absolute atomic E-state index is 4.54. The molecule has 16 heavy (non-hydrogen) atoms. The summed E-state index contributed by atoms with van der Waals surface area (Å²) in [6.07, 6.45) is 10.8. The number of aliphatic imine (C=N–C) groups is 1. The van der Waals surface area contributed by atoms with Crippen molar-refractivity contribution in [2.75, 3.05) is 6.54 Å². The summed E-state index contributed by atoms with van der Waals surface area (Å²) < 4.78 is 0. The van der Waals surface area contributed by atoms with Crippen LogP contribution in [0.3, 0.4) is 0 Å². The normalized spacial score (nSPS) is 18.3. The predicted octanol–water partition coefficient (Wildman–Crippen LogP) is 3.91. The van der Waals surface area contributed by atoms with Crippen LogP contribution in [-0.4, -0.2) is 17.9 Å². The smallest absolute Gasteiger partial charge is 0.0968 e. The van der Waals surface area contributed by atoms with Gasteiger partial charge in [-0.1, -0.05) is 45.4 Å². The van der Waals surface area contributed by atoms with Gasteiger partial charge in [-0.15, -0.1) is 0 Å². The summed E-state index contributed by atoms with van der Waals surface area (Å²) in [5.74, 6) is 1.23. The molecule has 0 aliphatic carbocycles. The lowest BCUT2D eigenvalue weighted by atomic mass is 10.1. The number of hydrogen-bond acceptors (Lipinski definition) is 2. The van der Waals surface area contributed by atoms with Gasteiger partial charge in [0.05, 0.1) is 17.9 Å². The molecule has 1 rings (SSSR count). The van der Waals surface area contributed by atoms with Gasteiger partial charge in [-0.2, -0.15) is 0 Å². The highest BCUT2D eigenvalue weighted by Crippen LogP contribution is 2.13. The largest absolute Gasteiger partial charge is 0.367 e. The van der Waals surface area contributed by atoms with Crippen LogP contribution < -0.4 is 5.32 Å². The van der Waals surface area contributed by atoms with Crippen molar-refractivity contribution in [3.8, 4) is 0 Å². The number of nitrogens with one attached hydrogen (secondary N) is 1. The Morgan fingerprint density at radius 2 is 1.69 bits per heavy atom. The fourth-order valence-corrected chi connectivity index (χ4v) is 2.15. The number of rotatable bonds is 8. The van der Waals surface area contributed by atoms with Crippen molar-refractivity contribution in [1.29, 1.82) is 0 Å². The van der Waals surface area contributed by atoms with Crippen LogP contribution >= 0.6 is 0 Å². The Labute approximate surface area is 101 Å². The molecule has 0 aromatic carbocycles. The first-order chi connectivity index (χ1) is 7.64. The van der Waals surface area contributed by atoms with Gasteiger partial charge in [0.25, 0.3) is 0 Å². The Balaban J connectivity index is 1.92. The lowest BCUT2D eigenvalue weighted by Crippen LogP contribution is -2.39. The first-order valence-corrected chi connectivity index (χ1v) is 6.95. The van der Waals surface area contributed by atoms with Crippen molar-refractivity contribution in [2.45, 2.75) is 77.7 Å². The second-order valence-electron chi connectivity index (χ2n) is 5.64. The van der Waals surface area contributed by atoms with Gasteiger partial charge in [0.1, 0.15) is 0 Å². The van der Waals surface area contributed by atoms with Crippen LogP contribution in [0.15, 0.2) is 4.99 Å². The van der Waals surface area contributed by atoms with Gasteiger partial charge in [0.15, 0.2) is 0 Å². The summed E-state index contributed by atoms with van der Waals surface area (Å²) in [6.45, 7) is 7.65. The summed E-state index contributed by atoms with van der Waals surface area (Å²) in [5.41, 5.74) is 0.205. The summed E-state index contributed by atoms with van der Waals surface area (Å²) in [4.78, 5) is 4.54. The molecule has 2 nitrogen and oxygen atoms in total. The molecule has 0 aromatic heterocycles. The van der Waals surface area contributed by atoms with Crippen molar-refractivity contribution in [1.82, 2.24) is 5.32 Å². The summed E-state index contributed by atoms with van der Waals surface area (Å²) >= 11 is 0. The molecule has 2 heteroatoms. The fraction of sp³-hybridized carbons (Fsp3) is 0.929.